The topological polar surface area (TPSA) is 99.4 Å². The molecule has 0 aliphatic rings. The average molecular weight is 597 g/mol. The van der Waals surface area contributed by atoms with Crippen molar-refractivity contribution >= 4 is 28.6 Å². The maximum atomic E-state index is 12.9. The molecule has 0 bridgehead atoms. The molecule has 5 aromatic rings. The van der Waals surface area contributed by atoms with Crippen molar-refractivity contribution in [1.29, 1.82) is 0 Å². The molecule has 3 heterocycles. The lowest BCUT2D eigenvalue weighted by atomic mass is 9.95. The van der Waals surface area contributed by atoms with Gasteiger partial charge in [-0.05, 0) is 48.7 Å². The third-order valence-corrected chi connectivity index (χ3v) is 8.33. The van der Waals surface area contributed by atoms with Crippen LogP contribution in [0.4, 0.5) is 0 Å². The number of aliphatic carboxylic acids is 1. The Balaban J connectivity index is 1.48. The summed E-state index contributed by atoms with van der Waals surface area (Å²) in [6.07, 6.45) is 5.42. The molecule has 0 fully saturated rings. The van der Waals surface area contributed by atoms with E-state index in [1.165, 1.54) is 0 Å². The van der Waals surface area contributed by atoms with Crippen molar-refractivity contribution in [3.63, 3.8) is 0 Å². The second kappa shape index (κ2) is 12.5. The van der Waals surface area contributed by atoms with Gasteiger partial charge in [0.1, 0.15) is 18.3 Å². The van der Waals surface area contributed by atoms with Gasteiger partial charge >= 0.3 is 5.97 Å². The molecule has 8 nitrogen and oxygen atoms in total. The highest BCUT2D eigenvalue weighted by atomic mass is 32.2. The number of pyridine rings is 1. The number of methoxy groups -OCH3 is 1. The Morgan fingerprint density at radius 2 is 1.70 bits per heavy atom. The SMILES string of the molecule is COc1cnc(-c2ccc(C[C@@H](C(=O)O)c3c(SC(C)(C)C)c4cc(OCc5ccc(C)cn5)ccc4n3C)cc2)nc1. The van der Waals surface area contributed by atoms with Crippen molar-refractivity contribution in [1.82, 2.24) is 19.5 Å². The van der Waals surface area contributed by atoms with Gasteiger partial charge in [-0.15, -0.1) is 11.8 Å². The number of ether oxygens (including phenoxy) is 2. The van der Waals surface area contributed by atoms with Crippen LogP contribution in [0.25, 0.3) is 22.3 Å². The summed E-state index contributed by atoms with van der Waals surface area (Å²) in [4.78, 5) is 27.0. The fourth-order valence-corrected chi connectivity index (χ4v) is 6.21. The molecule has 1 atom stereocenters. The Kier molecular flexibility index (Phi) is 8.73. The summed E-state index contributed by atoms with van der Waals surface area (Å²) in [5.74, 6) is 0.255. The van der Waals surface area contributed by atoms with E-state index in [4.69, 9.17) is 9.47 Å². The molecule has 0 radical (unpaired) electrons. The van der Waals surface area contributed by atoms with Crippen molar-refractivity contribution < 1.29 is 19.4 Å². The summed E-state index contributed by atoms with van der Waals surface area (Å²) in [5.41, 5.74) is 5.44. The summed E-state index contributed by atoms with van der Waals surface area (Å²) in [6, 6.07) is 17.7. The summed E-state index contributed by atoms with van der Waals surface area (Å²) in [6.45, 7) is 8.77. The van der Waals surface area contributed by atoms with Crippen LogP contribution in [0.2, 0.25) is 0 Å². The maximum Gasteiger partial charge on any atom is 0.312 e. The fourth-order valence-electron chi connectivity index (χ4n) is 4.94. The quantitative estimate of drug-likeness (QED) is 0.169. The number of nitrogens with zero attached hydrogens (tertiary/aromatic N) is 4. The molecule has 0 saturated heterocycles. The van der Waals surface area contributed by atoms with Crippen LogP contribution in [0.1, 0.15) is 49.2 Å². The van der Waals surface area contributed by atoms with Gasteiger partial charge in [-0.25, -0.2) is 9.97 Å². The van der Waals surface area contributed by atoms with Crippen LogP contribution in [0.15, 0.2) is 78.1 Å². The summed E-state index contributed by atoms with van der Waals surface area (Å²) in [7, 11) is 3.52. The van der Waals surface area contributed by atoms with Crippen LogP contribution in [-0.4, -0.2) is 42.5 Å². The minimum absolute atomic E-state index is 0.144. The van der Waals surface area contributed by atoms with Gasteiger partial charge in [-0.2, -0.15) is 0 Å². The Morgan fingerprint density at radius 1 is 0.977 bits per heavy atom. The first-order valence-corrected chi connectivity index (χ1v) is 14.9. The zero-order chi connectivity index (χ0) is 30.7. The predicted octanol–water partition coefficient (Wildman–Crippen LogP) is 7.23. The van der Waals surface area contributed by atoms with Crippen molar-refractivity contribution in [3.8, 4) is 22.9 Å². The lowest BCUT2D eigenvalue weighted by Gasteiger charge is -2.22. The van der Waals surface area contributed by atoms with Gasteiger partial charge in [0.15, 0.2) is 11.6 Å². The van der Waals surface area contributed by atoms with Crippen molar-refractivity contribution in [2.75, 3.05) is 7.11 Å². The summed E-state index contributed by atoms with van der Waals surface area (Å²) in [5, 5.41) is 11.5. The molecular formula is C34H36N4O4S. The molecule has 0 amide bonds. The molecule has 0 aliphatic carbocycles. The van der Waals surface area contributed by atoms with Crippen LogP contribution < -0.4 is 9.47 Å². The number of hydrogen-bond acceptors (Lipinski definition) is 7. The van der Waals surface area contributed by atoms with Crippen LogP contribution in [0, 0.1) is 6.92 Å². The minimum Gasteiger partial charge on any atom is -0.494 e. The van der Waals surface area contributed by atoms with Gasteiger partial charge in [0.25, 0.3) is 0 Å². The molecule has 1 N–H and O–H groups in total. The van der Waals surface area contributed by atoms with Crippen molar-refractivity contribution in [3.05, 3.63) is 95.7 Å². The zero-order valence-electron chi connectivity index (χ0n) is 25.3. The second-order valence-corrected chi connectivity index (χ2v) is 13.4. The molecule has 0 saturated carbocycles. The number of fused-ring (bicyclic) bond motifs is 1. The molecule has 9 heteroatoms. The van der Waals surface area contributed by atoms with Gasteiger partial charge < -0.3 is 19.1 Å². The van der Waals surface area contributed by atoms with E-state index in [9.17, 15) is 9.90 Å². The molecular weight excluding hydrogens is 560 g/mol. The number of thioether (sulfide) groups is 1. The maximum absolute atomic E-state index is 12.9. The third-order valence-electron chi connectivity index (χ3n) is 7.08. The minimum atomic E-state index is -0.869. The number of carboxylic acids is 1. The first kappa shape index (κ1) is 30.1. The standard InChI is InChI=1S/C34H36N4O4S/c1-21-7-12-24(35-17-21)20-42-25-13-14-29-27(16-25)31(43-34(2,3)4)30(38(29)5)28(33(39)40)15-22-8-10-23(11-9-22)32-36-18-26(41-6)19-37-32/h7-14,16-19,28H,15,20H2,1-6H3,(H,39,40)/t28-/m1/s1. The number of aromatic nitrogens is 4. The number of aryl methyl sites for hydroxylation is 2. The first-order chi connectivity index (χ1) is 20.5. The largest absolute Gasteiger partial charge is 0.494 e. The van der Waals surface area contributed by atoms with Crippen molar-refractivity contribution in [2.24, 2.45) is 7.05 Å². The van der Waals surface area contributed by atoms with Crippen LogP contribution in [0.3, 0.4) is 0 Å². The Labute approximate surface area is 256 Å². The average Bonchev–Trinajstić information content (AvgIpc) is 3.24. The predicted molar refractivity (Wildman–Crippen MR) is 170 cm³/mol. The van der Waals surface area contributed by atoms with E-state index in [2.05, 4.69) is 35.7 Å². The molecule has 2 aromatic carbocycles. The van der Waals surface area contributed by atoms with Gasteiger partial charge in [-0.3, -0.25) is 9.78 Å². The Bertz CT molecular complexity index is 1720. The number of carbonyl (C=O) groups is 1. The zero-order valence-corrected chi connectivity index (χ0v) is 26.1. The number of rotatable bonds is 10. The number of carboxylic acid groups (broad SMARTS) is 1. The molecule has 43 heavy (non-hydrogen) atoms. The van der Waals surface area contributed by atoms with E-state index in [0.717, 1.165) is 43.9 Å². The van der Waals surface area contributed by atoms with E-state index >= 15 is 0 Å². The Hall–Kier alpha value is -4.37. The number of benzene rings is 2. The molecule has 5 rings (SSSR count). The van der Waals surface area contributed by atoms with Gasteiger partial charge in [-0.1, -0.05) is 51.1 Å². The first-order valence-electron chi connectivity index (χ1n) is 14.1. The second-order valence-electron chi connectivity index (χ2n) is 11.5. The van der Waals surface area contributed by atoms with Crippen LogP contribution in [-0.2, 0) is 24.9 Å². The molecule has 0 unspecified atom stereocenters. The highest BCUT2D eigenvalue weighted by Gasteiger charge is 2.31. The lowest BCUT2D eigenvalue weighted by molar-refractivity contribution is -0.139. The summed E-state index contributed by atoms with van der Waals surface area (Å²) >= 11 is 1.68. The molecule has 222 valence electrons. The highest BCUT2D eigenvalue weighted by Crippen LogP contribution is 2.45. The number of hydrogen-bond donors (Lipinski definition) is 1. The van der Waals surface area contributed by atoms with E-state index in [1.54, 1.807) is 31.3 Å². The fraction of sp³-hybridized carbons (Fsp3) is 0.294. The van der Waals surface area contributed by atoms with Gasteiger partial charge in [0, 0.05) is 45.0 Å². The molecule has 0 spiro atoms. The van der Waals surface area contributed by atoms with E-state index in [-0.39, 0.29) is 4.75 Å². The van der Waals surface area contributed by atoms with E-state index in [0.29, 0.717) is 30.4 Å². The smallest absolute Gasteiger partial charge is 0.312 e. The van der Waals surface area contributed by atoms with Crippen LogP contribution >= 0.6 is 11.8 Å². The van der Waals surface area contributed by atoms with E-state index in [1.807, 2.05) is 79.3 Å². The lowest BCUT2D eigenvalue weighted by Crippen LogP contribution is -2.19. The molecule has 3 aromatic heterocycles. The Morgan fingerprint density at radius 3 is 2.30 bits per heavy atom. The van der Waals surface area contributed by atoms with E-state index < -0.39 is 11.9 Å². The van der Waals surface area contributed by atoms with Gasteiger partial charge in [0.2, 0.25) is 0 Å². The third kappa shape index (κ3) is 7.00. The molecule has 0 aliphatic heterocycles. The highest BCUT2D eigenvalue weighted by molar-refractivity contribution is 8.00. The monoisotopic (exact) mass is 596 g/mol. The van der Waals surface area contributed by atoms with Crippen LogP contribution in [0.5, 0.6) is 11.5 Å². The van der Waals surface area contributed by atoms with Gasteiger partial charge in [0.05, 0.1) is 25.2 Å². The normalized spacial score (nSPS) is 12.3. The van der Waals surface area contributed by atoms with Crippen molar-refractivity contribution in [2.45, 2.75) is 56.3 Å². The summed E-state index contributed by atoms with van der Waals surface area (Å²) < 4.78 is 13.2.